The Morgan fingerprint density at radius 1 is 1.17 bits per heavy atom. The maximum Gasteiger partial charge on any atom is 0.317 e. The number of hydrogen-bond acceptors (Lipinski definition) is 4. The van der Waals surface area contributed by atoms with Gasteiger partial charge in [0.25, 0.3) is 0 Å². The molecule has 0 atom stereocenters. The van der Waals surface area contributed by atoms with Gasteiger partial charge in [-0.3, -0.25) is 0 Å². The normalized spacial score (nSPS) is 16.2. The van der Waals surface area contributed by atoms with Crippen LogP contribution in [-0.4, -0.2) is 62.7 Å². The molecule has 8 heteroatoms. The Labute approximate surface area is 137 Å². The number of sulfonamides is 1. The predicted octanol–water partition coefficient (Wildman–Crippen LogP) is 0.872. The van der Waals surface area contributed by atoms with Crippen molar-refractivity contribution in [2.45, 2.75) is 13.5 Å². The van der Waals surface area contributed by atoms with Crippen LogP contribution in [-0.2, 0) is 16.6 Å². The summed E-state index contributed by atoms with van der Waals surface area (Å²) in [5.74, 6) is 0.805. The molecule has 0 bridgehead atoms. The summed E-state index contributed by atoms with van der Waals surface area (Å²) >= 11 is 0. The molecule has 7 nitrogen and oxygen atoms in total. The van der Waals surface area contributed by atoms with E-state index in [-0.39, 0.29) is 6.03 Å². The van der Waals surface area contributed by atoms with Crippen LogP contribution in [0.5, 0.6) is 5.75 Å². The quantitative estimate of drug-likeness (QED) is 0.862. The average Bonchev–Trinajstić information content (AvgIpc) is 2.53. The molecule has 2 amide bonds. The summed E-state index contributed by atoms with van der Waals surface area (Å²) < 4.78 is 29.7. The van der Waals surface area contributed by atoms with Gasteiger partial charge in [-0.1, -0.05) is 12.1 Å². The maximum absolute atomic E-state index is 12.1. The number of urea groups is 1. The van der Waals surface area contributed by atoms with Crippen LogP contribution < -0.4 is 10.1 Å². The van der Waals surface area contributed by atoms with E-state index in [1.165, 1.54) is 10.6 Å². The van der Waals surface area contributed by atoms with Gasteiger partial charge < -0.3 is 15.0 Å². The number of nitrogens with one attached hydrogen (secondary N) is 1. The molecule has 1 aromatic carbocycles. The zero-order valence-electron chi connectivity index (χ0n) is 13.5. The van der Waals surface area contributed by atoms with Gasteiger partial charge in [-0.15, -0.1) is 0 Å². The van der Waals surface area contributed by atoms with Crippen molar-refractivity contribution in [1.29, 1.82) is 0 Å². The Hall–Kier alpha value is -1.80. The van der Waals surface area contributed by atoms with E-state index in [1.54, 1.807) is 4.90 Å². The third-order valence-electron chi connectivity index (χ3n) is 3.67. The molecule has 0 aromatic heterocycles. The molecule has 1 fully saturated rings. The first kappa shape index (κ1) is 17.6. The van der Waals surface area contributed by atoms with E-state index in [9.17, 15) is 13.2 Å². The highest BCUT2D eigenvalue weighted by Gasteiger charge is 2.25. The Balaban J connectivity index is 1.79. The molecule has 1 N–H and O–H groups in total. The van der Waals surface area contributed by atoms with E-state index in [4.69, 9.17) is 4.74 Å². The molecule has 0 unspecified atom stereocenters. The second-order valence-corrected chi connectivity index (χ2v) is 7.37. The van der Waals surface area contributed by atoms with Gasteiger partial charge in [-0.2, -0.15) is 4.31 Å². The molecule has 23 heavy (non-hydrogen) atoms. The number of ether oxygens (including phenoxy) is 1. The topological polar surface area (TPSA) is 79.0 Å². The summed E-state index contributed by atoms with van der Waals surface area (Å²) in [4.78, 5) is 13.8. The van der Waals surface area contributed by atoms with Crippen LogP contribution in [0.3, 0.4) is 0 Å². The average molecular weight is 341 g/mol. The van der Waals surface area contributed by atoms with E-state index in [2.05, 4.69) is 5.32 Å². The first-order valence-electron chi connectivity index (χ1n) is 7.60. The summed E-state index contributed by atoms with van der Waals surface area (Å²) in [5.41, 5.74) is 0.983. The SMILES string of the molecule is CCOc1ccc(CNC(=O)N2CCN(S(C)(=O)=O)CC2)cc1. The van der Waals surface area contributed by atoms with Crippen molar-refractivity contribution >= 4 is 16.1 Å². The van der Waals surface area contributed by atoms with Crippen molar-refractivity contribution < 1.29 is 17.9 Å². The number of rotatable bonds is 5. The van der Waals surface area contributed by atoms with E-state index < -0.39 is 10.0 Å². The molecule has 1 aliphatic heterocycles. The van der Waals surface area contributed by atoms with Crippen LogP contribution in [0.15, 0.2) is 24.3 Å². The minimum atomic E-state index is -3.18. The fraction of sp³-hybridized carbons (Fsp3) is 0.533. The molecule has 128 valence electrons. The third-order valence-corrected chi connectivity index (χ3v) is 4.98. The molecule has 2 rings (SSSR count). The van der Waals surface area contributed by atoms with Crippen molar-refractivity contribution in [3.05, 3.63) is 29.8 Å². The van der Waals surface area contributed by atoms with Gasteiger partial charge in [0.05, 0.1) is 12.9 Å². The van der Waals surface area contributed by atoms with Gasteiger partial charge in [0, 0.05) is 32.7 Å². The number of amides is 2. The number of hydrogen-bond donors (Lipinski definition) is 1. The molecule has 0 radical (unpaired) electrons. The highest BCUT2D eigenvalue weighted by molar-refractivity contribution is 7.88. The summed E-state index contributed by atoms with van der Waals surface area (Å²) in [6.07, 6.45) is 1.19. The van der Waals surface area contributed by atoms with E-state index in [1.807, 2.05) is 31.2 Å². The molecule has 0 saturated carbocycles. The lowest BCUT2D eigenvalue weighted by Gasteiger charge is -2.33. The Morgan fingerprint density at radius 2 is 1.78 bits per heavy atom. The number of carbonyl (C=O) groups excluding carboxylic acids is 1. The number of carbonyl (C=O) groups is 1. The molecule has 1 heterocycles. The summed E-state index contributed by atoms with van der Waals surface area (Å²) in [6.45, 7) is 4.47. The van der Waals surface area contributed by atoms with E-state index in [0.717, 1.165) is 11.3 Å². The minimum absolute atomic E-state index is 0.174. The number of benzene rings is 1. The van der Waals surface area contributed by atoms with Crippen LogP contribution in [0.4, 0.5) is 4.79 Å². The summed E-state index contributed by atoms with van der Waals surface area (Å²) in [5, 5.41) is 2.85. The third kappa shape index (κ3) is 5.11. The molecule has 1 aromatic rings. The van der Waals surface area contributed by atoms with Crippen LogP contribution in [0.25, 0.3) is 0 Å². The fourth-order valence-electron chi connectivity index (χ4n) is 2.38. The molecule has 1 aliphatic rings. The highest BCUT2D eigenvalue weighted by Crippen LogP contribution is 2.12. The van der Waals surface area contributed by atoms with Crippen LogP contribution >= 0.6 is 0 Å². The lowest BCUT2D eigenvalue weighted by atomic mass is 10.2. The summed E-state index contributed by atoms with van der Waals surface area (Å²) in [7, 11) is -3.18. The van der Waals surface area contributed by atoms with Crippen molar-refractivity contribution in [3.63, 3.8) is 0 Å². The van der Waals surface area contributed by atoms with E-state index >= 15 is 0 Å². The minimum Gasteiger partial charge on any atom is -0.494 e. The Bertz CT molecular complexity index is 623. The second-order valence-electron chi connectivity index (χ2n) is 5.38. The highest BCUT2D eigenvalue weighted by atomic mass is 32.2. The van der Waals surface area contributed by atoms with E-state index in [0.29, 0.717) is 39.3 Å². The first-order valence-corrected chi connectivity index (χ1v) is 9.44. The van der Waals surface area contributed by atoms with Crippen molar-refractivity contribution in [2.75, 3.05) is 39.0 Å². The van der Waals surface area contributed by atoms with Gasteiger partial charge in [0.2, 0.25) is 10.0 Å². The molecule has 1 saturated heterocycles. The van der Waals surface area contributed by atoms with Crippen molar-refractivity contribution in [2.24, 2.45) is 0 Å². The van der Waals surface area contributed by atoms with Crippen molar-refractivity contribution in [3.8, 4) is 5.75 Å². The number of piperazine rings is 1. The first-order chi connectivity index (χ1) is 10.9. The van der Waals surface area contributed by atoms with Gasteiger partial charge in [-0.25, -0.2) is 13.2 Å². The van der Waals surface area contributed by atoms with Gasteiger partial charge in [0.1, 0.15) is 5.75 Å². The standard InChI is InChI=1S/C15H23N3O4S/c1-3-22-14-6-4-13(5-7-14)12-16-15(19)17-8-10-18(11-9-17)23(2,20)21/h4-7H,3,8-12H2,1-2H3,(H,16,19). The molecule has 0 spiro atoms. The zero-order valence-corrected chi connectivity index (χ0v) is 14.3. The zero-order chi connectivity index (χ0) is 16.9. The fourth-order valence-corrected chi connectivity index (χ4v) is 3.21. The van der Waals surface area contributed by atoms with Crippen LogP contribution in [0, 0.1) is 0 Å². The maximum atomic E-state index is 12.1. The Morgan fingerprint density at radius 3 is 2.30 bits per heavy atom. The van der Waals surface area contributed by atoms with Gasteiger partial charge >= 0.3 is 6.03 Å². The second kappa shape index (κ2) is 7.65. The predicted molar refractivity (Wildman–Crippen MR) is 87.8 cm³/mol. The number of nitrogens with zero attached hydrogens (tertiary/aromatic N) is 2. The molecule has 0 aliphatic carbocycles. The van der Waals surface area contributed by atoms with Crippen molar-refractivity contribution in [1.82, 2.24) is 14.5 Å². The summed E-state index contributed by atoms with van der Waals surface area (Å²) in [6, 6.07) is 7.39. The van der Waals surface area contributed by atoms with Crippen LogP contribution in [0.1, 0.15) is 12.5 Å². The van der Waals surface area contributed by atoms with Crippen LogP contribution in [0.2, 0.25) is 0 Å². The largest absolute Gasteiger partial charge is 0.494 e. The monoisotopic (exact) mass is 341 g/mol. The Kier molecular flexibility index (Phi) is 5.84. The lowest BCUT2D eigenvalue weighted by Crippen LogP contribution is -2.52. The lowest BCUT2D eigenvalue weighted by molar-refractivity contribution is 0.172. The van der Waals surface area contributed by atoms with Gasteiger partial charge in [-0.05, 0) is 24.6 Å². The molecular weight excluding hydrogens is 318 g/mol. The molecular formula is C15H23N3O4S. The smallest absolute Gasteiger partial charge is 0.317 e. The van der Waals surface area contributed by atoms with Gasteiger partial charge in [0.15, 0.2) is 0 Å².